The van der Waals surface area contributed by atoms with E-state index in [1.165, 1.54) is 0 Å². The smallest absolute Gasteiger partial charge is 0.203 e. The fraction of sp³-hybridized carbons (Fsp3) is 0.304. The first-order chi connectivity index (χ1) is 14.7. The van der Waals surface area contributed by atoms with Crippen LogP contribution < -0.4 is 19.1 Å². The largest absolute Gasteiger partial charge is 0.493 e. The number of aromatic nitrogens is 2. The number of ether oxygens (including phenoxy) is 4. The lowest BCUT2D eigenvalue weighted by Crippen LogP contribution is -2.37. The van der Waals surface area contributed by atoms with Crippen molar-refractivity contribution in [3.05, 3.63) is 47.7 Å². The highest BCUT2D eigenvalue weighted by Gasteiger charge is 2.18. The summed E-state index contributed by atoms with van der Waals surface area (Å²) in [5.41, 5.74) is 3.46. The molecule has 0 saturated carbocycles. The second kappa shape index (κ2) is 9.00. The van der Waals surface area contributed by atoms with E-state index < -0.39 is 0 Å². The van der Waals surface area contributed by atoms with E-state index in [1.807, 2.05) is 48.6 Å². The van der Waals surface area contributed by atoms with Gasteiger partial charge in [-0.1, -0.05) is 18.2 Å². The molecule has 2 aromatic carbocycles. The first-order valence-electron chi connectivity index (χ1n) is 9.81. The second-order valence-electron chi connectivity index (χ2n) is 6.81. The van der Waals surface area contributed by atoms with E-state index in [-0.39, 0.29) is 0 Å². The zero-order valence-corrected chi connectivity index (χ0v) is 17.4. The Morgan fingerprint density at radius 1 is 0.867 bits per heavy atom. The van der Waals surface area contributed by atoms with Gasteiger partial charge in [0, 0.05) is 13.1 Å². The first-order valence-corrected chi connectivity index (χ1v) is 9.81. The number of fused-ring (bicyclic) bond motifs is 1. The Bertz CT molecular complexity index is 1040. The molecule has 0 N–H and O–H groups in total. The predicted octanol–water partition coefficient (Wildman–Crippen LogP) is 3.66. The first kappa shape index (κ1) is 20.0. The zero-order valence-electron chi connectivity index (χ0n) is 17.4. The van der Waals surface area contributed by atoms with Crippen molar-refractivity contribution < 1.29 is 18.9 Å². The van der Waals surface area contributed by atoms with Crippen molar-refractivity contribution in [2.45, 2.75) is 0 Å². The standard InChI is InChI=1S/C23H25N3O4/c1-27-20-14-16(15-21(28-2)22(20)29-3)8-9-19-23(26-10-12-30-13-11-26)25-18-7-5-4-6-17(18)24-19/h4-9,14-15H,10-13H2,1-3H3/b9-8+. The molecule has 1 aliphatic heterocycles. The normalized spacial score (nSPS) is 14.3. The van der Waals surface area contributed by atoms with E-state index in [2.05, 4.69) is 4.90 Å². The molecule has 30 heavy (non-hydrogen) atoms. The van der Waals surface area contributed by atoms with Gasteiger partial charge in [0.25, 0.3) is 0 Å². The van der Waals surface area contributed by atoms with Crippen LogP contribution in [0.4, 0.5) is 5.82 Å². The maximum Gasteiger partial charge on any atom is 0.203 e. The minimum absolute atomic E-state index is 0.566. The van der Waals surface area contributed by atoms with E-state index in [4.69, 9.17) is 28.9 Å². The summed E-state index contributed by atoms with van der Waals surface area (Å²) in [6, 6.07) is 11.7. The summed E-state index contributed by atoms with van der Waals surface area (Å²) in [6.07, 6.45) is 3.96. The Labute approximate surface area is 175 Å². The van der Waals surface area contributed by atoms with Crippen LogP contribution in [-0.4, -0.2) is 57.6 Å². The number of benzene rings is 2. The Balaban J connectivity index is 1.76. The van der Waals surface area contributed by atoms with Crippen LogP contribution in [0.5, 0.6) is 17.2 Å². The van der Waals surface area contributed by atoms with Crippen LogP contribution in [0.2, 0.25) is 0 Å². The van der Waals surface area contributed by atoms with Crippen molar-refractivity contribution in [3.8, 4) is 17.2 Å². The van der Waals surface area contributed by atoms with Crippen LogP contribution in [0.15, 0.2) is 36.4 Å². The predicted molar refractivity (Wildman–Crippen MR) is 118 cm³/mol. The summed E-state index contributed by atoms with van der Waals surface area (Å²) in [5.74, 6) is 2.64. The van der Waals surface area contributed by atoms with Gasteiger partial charge in [-0.15, -0.1) is 0 Å². The Morgan fingerprint density at radius 2 is 1.50 bits per heavy atom. The van der Waals surface area contributed by atoms with Crippen LogP contribution in [-0.2, 0) is 4.74 Å². The summed E-state index contributed by atoms with van der Waals surface area (Å²) < 4.78 is 21.8. The van der Waals surface area contributed by atoms with E-state index >= 15 is 0 Å². The van der Waals surface area contributed by atoms with Gasteiger partial charge in [0.2, 0.25) is 5.75 Å². The Kier molecular flexibility index (Phi) is 5.99. The highest BCUT2D eigenvalue weighted by Crippen LogP contribution is 2.38. The maximum absolute atomic E-state index is 5.50. The number of anilines is 1. The van der Waals surface area contributed by atoms with E-state index in [0.29, 0.717) is 30.5 Å². The molecule has 4 rings (SSSR count). The molecule has 7 heteroatoms. The lowest BCUT2D eigenvalue weighted by Gasteiger charge is -2.28. The minimum Gasteiger partial charge on any atom is -0.493 e. The average Bonchev–Trinajstić information content (AvgIpc) is 2.81. The molecule has 0 atom stereocenters. The molecule has 156 valence electrons. The fourth-order valence-electron chi connectivity index (χ4n) is 3.50. The van der Waals surface area contributed by atoms with Crippen LogP contribution in [0.1, 0.15) is 11.3 Å². The van der Waals surface area contributed by atoms with Gasteiger partial charge in [-0.3, -0.25) is 0 Å². The number of hydrogen-bond donors (Lipinski definition) is 0. The van der Waals surface area contributed by atoms with Gasteiger partial charge in [0.05, 0.1) is 45.6 Å². The minimum atomic E-state index is 0.566. The van der Waals surface area contributed by atoms with Crippen molar-refractivity contribution in [1.82, 2.24) is 9.97 Å². The monoisotopic (exact) mass is 407 g/mol. The van der Waals surface area contributed by atoms with Gasteiger partial charge in [0.15, 0.2) is 17.3 Å². The van der Waals surface area contributed by atoms with Crippen molar-refractivity contribution in [2.75, 3.05) is 52.5 Å². The molecule has 0 bridgehead atoms. The van der Waals surface area contributed by atoms with E-state index in [1.54, 1.807) is 21.3 Å². The van der Waals surface area contributed by atoms with Crippen LogP contribution in [0.25, 0.3) is 23.2 Å². The zero-order chi connectivity index (χ0) is 20.9. The molecule has 2 heterocycles. The van der Waals surface area contributed by atoms with Crippen LogP contribution in [0, 0.1) is 0 Å². The van der Waals surface area contributed by atoms with Crippen LogP contribution >= 0.6 is 0 Å². The van der Waals surface area contributed by atoms with E-state index in [9.17, 15) is 0 Å². The molecule has 1 aliphatic rings. The SMILES string of the molecule is COc1cc(/C=C/c2nc3ccccc3nc2N2CCOCC2)cc(OC)c1OC. The number of hydrogen-bond acceptors (Lipinski definition) is 7. The molecule has 3 aromatic rings. The number of methoxy groups -OCH3 is 3. The van der Waals surface area contributed by atoms with Crippen molar-refractivity contribution in [3.63, 3.8) is 0 Å². The highest BCUT2D eigenvalue weighted by atomic mass is 16.5. The molecular formula is C23H25N3O4. The molecule has 0 amide bonds. The number of rotatable bonds is 6. The van der Waals surface area contributed by atoms with Gasteiger partial charge in [0.1, 0.15) is 5.69 Å². The molecule has 1 aromatic heterocycles. The Morgan fingerprint density at radius 3 is 2.10 bits per heavy atom. The number of para-hydroxylation sites is 2. The third-order valence-corrected chi connectivity index (χ3v) is 5.01. The molecule has 7 nitrogen and oxygen atoms in total. The van der Waals surface area contributed by atoms with Crippen molar-refractivity contribution >= 4 is 29.0 Å². The molecule has 1 saturated heterocycles. The summed E-state index contributed by atoms with van der Waals surface area (Å²) >= 11 is 0. The third-order valence-electron chi connectivity index (χ3n) is 5.01. The number of nitrogens with zero attached hydrogens (tertiary/aromatic N) is 3. The highest BCUT2D eigenvalue weighted by molar-refractivity contribution is 5.82. The molecular weight excluding hydrogens is 382 g/mol. The van der Waals surface area contributed by atoms with Crippen molar-refractivity contribution in [2.24, 2.45) is 0 Å². The van der Waals surface area contributed by atoms with Gasteiger partial charge in [-0.25, -0.2) is 9.97 Å². The van der Waals surface area contributed by atoms with Crippen molar-refractivity contribution in [1.29, 1.82) is 0 Å². The molecule has 0 aliphatic carbocycles. The van der Waals surface area contributed by atoms with Gasteiger partial charge < -0.3 is 23.8 Å². The van der Waals surface area contributed by atoms with Gasteiger partial charge in [-0.2, -0.15) is 0 Å². The summed E-state index contributed by atoms with van der Waals surface area (Å²) in [5, 5.41) is 0. The third kappa shape index (κ3) is 4.02. The lowest BCUT2D eigenvalue weighted by molar-refractivity contribution is 0.122. The molecule has 1 fully saturated rings. The van der Waals surface area contributed by atoms with Gasteiger partial charge >= 0.3 is 0 Å². The average molecular weight is 407 g/mol. The summed E-state index contributed by atoms with van der Waals surface area (Å²) in [4.78, 5) is 12.0. The summed E-state index contributed by atoms with van der Waals surface area (Å²) in [7, 11) is 4.81. The quantitative estimate of drug-likeness (QED) is 0.618. The topological polar surface area (TPSA) is 65.9 Å². The lowest BCUT2D eigenvalue weighted by atomic mass is 10.1. The van der Waals surface area contributed by atoms with Gasteiger partial charge in [-0.05, 0) is 35.9 Å². The van der Waals surface area contributed by atoms with E-state index in [0.717, 1.165) is 41.2 Å². The molecule has 0 radical (unpaired) electrons. The maximum atomic E-state index is 5.50. The molecule has 0 spiro atoms. The Hall–Kier alpha value is -3.32. The summed E-state index contributed by atoms with van der Waals surface area (Å²) in [6.45, 7) is 2.95. The second-order valence-corrected chi connectivity index (χ2v) is 6.81. The number of morpholine rings is 1. The fourth-order valence-corrected chi connectivity index (χ4v) is 3.50. The molecule has 0 unspecified atom stereocenters. The van der Waals surface area contributed by atoms with Crippen LogP contribution in [0.3, 0.4) is 0 Å².